The maximum atomic E-state index is 13.4. The van der Waals surface area contributed by atoms with Gasteiger partial charge in [0.1, 0.15) is 35.2 Å². The van der Waals surface area contributed by atoms with Crippen LogP contribution in [0.15, 0.2) is 54.6 Å². The first-order chi connectivity index (χ1) is 19.8. The van der Waals surface area contributed by atoms with Crippen molar-refractivity contribution in [3.63, 3.8) is 0 Å². The zero-order valence-electron chi connectivity index (χ0n) is 23.4. The fourth-order valence-electron chi connectivity index (χ4n) is 4.79. The van der Waals surface area contributed by atoms with Crippen molar-refractivity contribution in [1.82, 2.24) is 0 Å². The number of rotatable bonds is 12. The van der Waals surface area contributed by atoms with Crippen LogP contribution in [0.3, 0.4) is 0 Å². The Morgan fingerprint density at radius 1 is 0.854 bits per heavy atom. The molecule has 3 aromatic carbocycles. The first kappa shape index (κ1) is 29.5. The lowest BCUT2D eigenvalue weighted by atomic mass is 9.98. The fraction of sp³-hybridized carbons (Fsp3) is 0.344. The minimum absolute atomic E-state index is 0.0879. The van der Waals surface area contributed by atoms with Gasteiger partial charge in [-0.05, 0) is 85.7 Å². The topological polar surface area (TPSA) is 118 Å². The Balaban J connectivity index is 1.54. The Kier molecular flexibility index (Phi) is 9.84. The minimum atomic E-state index is -0.512. The van der Waals surface area contributed by atoms with Crippen LogP contribution in [0.2, 0.25) is 0 Å². The summed E-state index contributed by atoms with van der Waals surface area (Å²) in [6.07, 6.45) is 4.71. The molecule has 1 saturated carbocycles. The number of hydrogen-bond acceptors (Lipinski definition) is 9. The van der Waals surface area contributed by atoms with Crippen molar-refractivity contribution in [2.24, 2.45) is 0 Å². The number of aromatic hydroxyl groups is 1. The van der Waals surface area contributed by atoms with E-state index in [9.17, 15) is 19.5 Å². The number of ketones is 1. The van der Waals surface area contributed by atoms with Gasteiger partial charge in [0.15, 0.2) is 5.78 Å². The second kappa shape index (κ2) is 13.7. The van der Waals surface area contributed by atoms with E-state index in [1.165, 1.54) is 27.4 Å². The summed E-state index contributed by atoms with van der Waals surface area (Å²) in [5.41, 5.74) is 2.13. The van der Waals surface area contributed by atoms with Crippen LogP contribution in [0.1, 0.15) is 69.5 Å². The molecule has 1 aliphatic carbocycles. The summed E-state index contributed by atoms with van der Waals surface area (Å²) < 4.78 is 26.9. The Hall–Kier alpha value is -4.53. The number of hydrogen-bond donors (Lipinski definition) is 1. The van der Waals surface area contributed by atoms with Crippen LogP contribution in [0.4, 0.5) is 0 Å². The van der Waals surface area contributed by atoms with E-state index >= 15 is 0 Å². The van der Waals surface area contributed by atoms with E-state index in [1.54, 1.807) is 48.5 Å². The highest BCUT2D eigenvalue weighted by Crippen LogP contribution is 2.31. The fourth-order valence-corrected chi connectivity index (χ4v) is 4.79. The van der Waals surface area contributed by atoms with Crippen LogP contribution in [-0.4, -0.2) is 50.3 Å². The molecule has 0 aliphatic heterocycles. The zero-order chi connectivity index (χ0) is 29.4. The molecular formula is C32H34O9. The lowest BCUT2D eigenvalue weighted by Gasteiger charge is -2.15. The number of esters is 2. The van der Waals surface area contributed by atoms with Crippen LogP contribution in [0.5, 0.6) is 23.0 Å². The number of benzene rings is 3. The molecule has 0 heterocycles. The van der Waals surface area contributed by atoms with Crippen molar-refractivity contribution in [3.8, 4) is 23.0 Å². The van der Waals surface area contributed by atoms with Crippen molar-refractivity contribution in [2.45, 2.75) is 51.2 Å². The predicted molar refractivity (Wildman–Crippen MR) is 150 cm³/mol. The number of ether oxygens (including phenoxy) is 5. The first-order valence-electron chi connectivity index (χ1n) is 13.4. The van der Waals surface area contributed by atoms with E-state index in [1.807, 2.05) is 0 Å². The van der Waals surface area contributed by atoms with Gasteiger partial charge in [-0.15, -0.1) is 0 Å². The smallest absolute Gasteiger partial charge is 0.341 e. The zero-order valence-corrected chi connectivity index (χ0v) is 23.4. The maximum absolute atomic E-state index is 13.4. The third kappa shape index (κ3) is 7.36. The summed E-state index contributed by atoms with van der Waals surface area (Å²) in [6.45, 7) is 0.138. The second-order valence-corrected chi connectivity index (χ2v) is 9.75. The van der Waals surface area contributed by atoms with Crippen molar-refractivity contribution in [3.05, 3.63) is 82.4 Å². The van der Waals surface area contributed by atoms with Crippen molar-refractivity contribution in [1.29, 1.82) is 0 Å². The Morgan fingerprint density at radius 2 is 1.61 bits per heavy atom. The molecule has 41 heavy (non-hydrogen) atoms. The average Bonchev–Trinajstić information content (AvgIpc) is 3.51. The van der Waals surface area contributed by atoms with Gasteiger partial charge in [0.25, 0.3) is 0 Å². The number of phenols is 1. The molecule has 1 N–H and O–H groups in total. The molecule has 0 unspecified atom stereocenters. The van der Waals surface area contributed by atoms with Crippen molar-refractivity contribution < 1.29 is 43.2 Å². The lowest BCUT2D eigenvalue weighted by molar-refractivity contribution is -0.140. The van der Waals surface area contributed by atoms with Gasteiger partial charge in [0, 0.05) is 18.1 Å². The molecule has 0 saturated heterocycles. The highest BCUT2D eigenvalue weighted by molar-refractivity contribution is 6.11. The third-order valence-electron chi connectivity index (χ3n) is 7.03. The third-order valence-corrected chi connectivity index (χ3v) is 7.03. The monoisotopic (exact) mass is 562 g/mol. The number of carbonyl (C=O) groups excluding carboxylic acids is 3. The molecule has 216 valence electrons. The molecule has 3 aromatic rings. The molecule has 0 aromatic heterocycles. The van der Waals surface area contributed by atoms with Crippen LogP contribution in [0.25, 0.3) is 0 Å². The molecule has 0 spiro atoms. The van der Waals surface area contributed by atoms with Gasteiger partial charge in [-0.1, -0.05) is 6.07 Å². The Bertz CT molecular complexity index is 1410. The normalized spacial score (nSPS) is 13.0. The number of carbonyl (C=O) groups is 3. The van der Waals surface area contributed by atoms with E-state index in [0.29, 0.717) is 33.9 Å². The minimum Gasteiger partial charge on any atom is -0.507 e. The van der Waals surface area contributed by atoms with Crippen LogP contribution in [-0.2, 0) is 27.3 Å². The molecule has 1 aliphatic rings. The number of phenolic OH excluding ortho intramolecular Hbond substituents is 1. The summed E-state index contributed by atoms with van der Waals surface area (Å²) in [5.74, 6) is -0.0804. The van der Waals surface area contributed by atoms with Crippen LogP contribution < -0.4 is 14.2 Å². The molecule has 0 amide bonds. The molecule has 0 atom stereocenters. The van der Waals surface area contributed by atoms with E-state index in [-0.39, 0.29) is 42.6 Å². The van der Waals surface area contributed by atoms with Gasteiger partial charge < -0.3 is 28.8 Å². The Morgan fingerprint density at radius 3 is 2.29 bits per heavy atom. The van der Waals surface area contributed by atoms with E-state index in [2.05, 4.69) is 0 Å². The molecule has 9 heteroatoms. The van der Waals surface area contributed by atoms with E-state index in [4.69, 9.17) is 23.7 Å². The highest BCUT2D eigenvalue weighted by Gasteiger charge is 2.20. The van der Waals surface area contributed by atoms with Gasteiger partial charge in [-0.25, -0.2) is 4.79 Å². The molecule has 4 rings (SSSR count). The quantitative estimate of drug-likeness (QED) is 0.228. The van der Waals surface area contributed by atoms with Gasteiger partial charge in [0.2, 0.25) is 0 Å². The Labute approximate surface area is 238 Å². The van der Waals surface area contributed by atoms with E-state index < -0.39 is 11.9 Å². The van der Waals surface area contributed by atoms with Crippen LogP contribution >= 0.6 is 0 Å². The van der Waals surface area contributed by atoms with Gasteiger partial charge in [-0.3, -0.25) is 9.59 Å². The maximum Gasteiger partial charge on any atom is 0.341 e. The van der Waals surface area contributed by atoms with E-state index in [0.717, 1.165) is 31.2 Å². The number of aryl methyl sites for hydroxylation is 1. The summed E-state index contributed by atoms with van der Waals surface area (Å²) >= 11 is 0. The van der Waals surface area contributed by atoms with Crippen molar-refractivity contribution in [2.75, 3.05) is 21.3 Å². The molecular weight excluding hydrogens is 528 g/mol. The van der Waals surface area contributed by atoms with Crippen LogP contribution in [0, 0.1) is 0 Å². The summed E-state index contributed by atoms with van der Waals surface area (Å²) in [4.78, 5) is 37.2. The average molecular weight is 563 g/mol. The predicted octanol–water partition coefficient (Wildman–Crippen LogP) is 5.42. The lowest BCUT2D eigenvalue weighted by Crippen LogP contribution is -2.11. The second-order valence-electron chi connectivity index (χ2n) is 9.75. The van der Waals surface area contributed by atoms with Gasteiger partial charge in [0.05, 0.1) is 33.0 Å². The number of methoxy groups -OCH3 is 3. The van der Waals surface area contributed by atoms with Crippen molar-refractivity contribution >= 4 is 17.7 Å². The standard InChI is InChI=1S/C32H34O9/c1-37-29-16-20(8-12-26(29)32(36)39-3)19-40-28-14-9-22(17-21(28)10-15-30(34)38-2)31(35)25-13-11-24(18-27(25)33)41-23-6-4-5-7-23/h8-9,11-14,16-18,23,33H,4-7,10,15,19H2,1-3H3. The first-order valence-corrected chi connectivity index (χ1v) is 13.4. The molecule has 0 bridgehead atoms. The summed E-state index contributed by atoms with van der Waals surface area (Å²) in [7, 11) is 4.07. The molecule has 0 radical (unpaired) electrons. The van der Waals surface area contributed by atoms with Gasteiger partial charge >= 0.3 is 11.9 Å². The highest BCUT2D eigenvalue weighted by atomic mass is 16.5. The largest absolute Gasteiger partial charge is 0.507 e. The molecule has 9 nitrogen and oxygen atoms in total. The SMILES string of the molecule is COC(=O)CCc1cc(C(=O)c2ccc(OC3CCCC3)cc2O)ccc1OCc1ccc(C(=O)OC)c(OC)c1. The van der Waals surface area contributed by atoms with Gasteiger partial charge in [-0.2, -0.15) is 0 Å². The molecule has 1 fully saturated rings. The summed E-state index contributed by atoms with van der Waals surface area (Å²) in [6, 6.07) is 14.7. The summed E-state index contributed by atoms with van der Waals surface area (Å²) in [5, 5.41) is 10.6.